The van der Waals surface area contributed by atoms with Crippen LogP contribution in [0.25, 0.3) is 0 Å². The van der Waals surface area contributed by atoms with Crippen LogP contribution in [0.5, 0.6) is 0 Å². The van der Waals surface area contributed by atoms with Gasteiger partial charge in [0.15, 0.2) is 0 Å². The van der Waals surface area contributed by atoms with Crippen LogP contribution in [0.4, 0.5) is 5.69 Å². The van der Waals surface area contributed by atoms with E-state index >= 15 is 0 Å². The van der Waals surface area contributed by atoms with E-state index in [-0.39, 0.29) is 6.42 Å². The van der Waals surface area contributed by atoms with Crippen LogP contribution in [0.1, 0.15) is 44.1 Å². The molecule has 0 saturated heterocycles. The van der Waals surface area contributed by atoms with Crippen LogP contribution in [0.2, 0.25) is 0 Å². The van der Waals surface area contributed by atoms with E-state index in [1.54, 1.807) is 0 Å². The first-order chi connectivity index (χ1) is 9.66. The van der Waals surface area contributed by atoms with E-state index < -0.39 is 5.97 Å². The number of carboxylic acids is 1. The Morgan fingerprint density at radius 1 is 1.25 bits per heavy atom. The van der Waals surface area contributed by atoms with E-state index in [4.69, 9.17) is 5.11 Å². The Kier molecular flexibility index (Phi) is 5.45. The van der Waals surface area contributed by atoms with Gasteiger partial charge in [-0.05, 0) is 37.3 Å². The summed E-state index contributed by atoms with van der Waals surface area (Å²) in [7, 11) is 0. The lowest BCUT2D eigenvalue weighted by atomic mass is 9.88. The van der Waals surface area contributed by atoms with Crippen molar-refractivity contribution in [2.75, 3.05) is 18.0 Å². The van der Waals surface area contributed by atoms with Crippen molar-refractivity contribution in [1.29, 1.82) is 0 Å². The highest BCUT2D eigenvalue weighted by atomic mass is 16.4. The van der Waals surface area contributed by atoms with Crippen molar-refractivity contribution in [3.63, 3.8) is 0 Å². The fourth-order valence-corrected chi connectivity index (χ4v) is 3.14. The monoisotopic (exact) mass is 275 g/mol. The number of carbonyl (C=O) groups is 1. The van der Waals surface area contributed by atoms with Gasteiger partial charge in [0.1, 0.15) is 0 Å². The number of nitrogens with zero attached hydrogens (tertiary/aromatic N) is 1. The highest BCUT2D eigenvalue weighted by molar-refractivity contribution is 5.68. The number of benzene rings is 1. The van der Waals surface area contributed by atoms with Crippen LogP contribution in [-0.2, 0) is 4.79 Å². The second kappa shape index (κ2) is 7.32. The topological polar surface area (TPSA) is 40.5 Å². The average Bonchev–Trinajstić information content (AvgIpc) is 2.45. The molecule has 3 nitrogen and oxygen atoms in total. The molecule has 0 radical (unpaired) electrons. The van der Waals surface area contributed by atoms with E-state index in [1.807, 2.05) is 12.1 Å². The lowest BCUT2D eigenvalue weighted by molar-refractivity contribution is -0.136. The van der Waals surface area contributed by atoms with E-state index in [9.17, 15) is 4.79 Å². The Balaban J connectivity index is 2.07. The Morgan fingerprint density at radius 2 is 1.95 bits per heavy atom. The molecule has 3 heteroatoms. The number of aliphatic carboxylic acids is 1. The summed E-state index contributed by atoms with van der Waals surface area (Å²) in [5, 5.41) is 8.96. The molecule has 1 aliphatic rings. The third-order valence-electron chi connectivity index (χ3n) is 4.26. The molecule has 0 aliphatic heterocycles. The van der Waals surface area contributed by atoms with Crippen LogP contribution < -0.4 is 4.90 Å². The van der Waals surface area contributed by atoms with Gasteiger partial charge in [-0.1, -0.05) is 37.5 Å². The molecular weight excluding hydrogens is 250 g/mol. The Morgan fingerprint density at radius 3 is 2.60 bits per heavy atom. The van der Waals surface area contributed by atoms with Crippen LogP contribution in [-0.4, -0.2) is 24.2 Å². The smallest absolute Gasteiger partial charge is 0.305 e. The Bertz CT molecular complexity index is 438. The molecule has 0 spiro atoms. The molecule has 2 rings (SSSR count). The predicted molar refractivity (Wildman–Crippen MR) is 82.2 cm³/mol. The normalized spacial score (nSPS) is 16.1. The fourth-order valence-electron chi connectivity index (χ4n) is 3.14. The summed E-state index contributed by atoms with van der Waals surface area (Å²) in [5.74, 6) is 0.00405. The lowest BCUT2D eigenvalue weighted by Gasteiger charge is -2.32. The van der Waals surface area contributed by atoms with Crippen LogP contribution in [0.3, 0.4) is 0 Å². The number of para-hydroxylation sites is 1. The second-order valence-electron chi connectivity index (χ2n) is 5.88. The van der Waals surface area contributed by atoms with Crippen LogP contribution in [0.15, 0.2) is 24.3 Å². The summed E-state index contributed by atoms with van der Waals surface area (Å²) in [6, 6.07) is 8.29. The molecule has 20 heavy (non-hydrogen) atoms. The van der Waals surface area contributed by atoms with Gasteiger partial charge in [-0.2, -0.15) is 0 Å². The van der Waals surface area contributed by atoms with Crippen molar-refractivity contribution in [3.8, 4) is 0 Å². The minimum absolute atomic E-state index is 0.209. The lowest BCUT2D eigenvalue weighted by Crippen LogP contribution is -2.33. The van der Waals surface area contributed by atoms with Gasteiger partial charge in [-0.15, -0.1) is 0 Å². The van der Waals surface area contributed by atoms with Crippen molar-refractivity contribution < 1.29 is 9.90 Å². The van der Waals surface area contributed by atoms with Gasteiger partial charge in [0.05, 0.1) is 6.42 Å². The van der Waals surface area contributed by atoms with Gasteiger partial charge >= 0.3 is 5.97 Å². The molecular formula is C17H25NO2. The summed E-state index contributed by atoms with van der Waals surface area (Å²) < 4.78 is 0. The molecule has 1 aromatic carbocycles. The number of hydrogen-bond donors (Lipinski definition) is 1. The van der Waals surface area contributed by atoms with Crippen molar-refractivity contribution >= 4 is 11.7 Å². The third kappa shape index (κ3) is 4.26. The van der Waals surface area contributed by atoms with Crippen molar-refractivity contribution in [1.82, 2.24) is 0 Å². The zero-order valence-electron chi connectivity index (χ0n) is 12.3. The quantitative estimate of drug-likeness (QED) is 0.857. The number of aryl methyl sites for hydroxylation is 1. The molecule has 1 fully saturated rings. The number of carboxylic acid groups (broad SMARTS) is 1. The molecule has 0 heterocycles. The van der Waals surface area contributed by atoms with E-state index in [0.717, 1.165) is 12.5 Å². The molecule has 1 saturated carbocycles. The maximum absolute atomic E-state index is 10.9. The number of rotatable bonds is 6. The van der Waals surface area contributed by atoms with Gasteiger partial charge in [-0.25, -0.2) is 0 Å². The van der Waals surface area contributed by atoms with Crippen molar-refractivity contribution in [2.45, 2.75) is 45.4 Å². The summed E-state index contributed by atoms with van der Waals surface area (Å²) in [6.07, 6.45) is 6.79. The van der Waals surface area contributed by atoms with Gasteiger partial charge in [0.25, 0.3) is 0 Å². The zero-order chi connectivity index (χ0) is 14.4. The number of anilines is 1. The highest BCUT2D eigenvalue weighted by Crippen LogP contribution is 2.27. The molecule has 0 aromatic heterocycles. The first kappa shape index (κ1) is 14.9. The molecule has 0 amide bonds. The first-order valence-corrected chi connectivity index (χ1v) is 7.69. The Hall–Kier alpha value is -1.51. The minimum atomic E-state index is -0.716. The van der Waals surface area contributed by atoms with E-state index in [1.165, 1.54) is 43.4 Å². The molecule has 0 unspecified atom stereocenters. The number of hydrogen-bond acceptors (Lipinski definition) is 2. The second-order valence-corrected chi connectivity index (χ2v) is 5.88. The van der Waals surface area contributed by atoms with Crippen molar-refractivity contribution in [3.05, 3.63) is 29.8 Å². The standard InChI is InChI=1S/C17H25NO2/c1-14-7-5-6-10-16(14)18(12-11-17(19)20)13-15-8-3-2-4-9-15/h5-7,10,15H,2-4,8-9,11-13H2,1H3,(H,19,20). The van der Waals surface area contributed by atoms with Crippen LogP contribution in [0, 0.1) is 12.8 Å². The zero-order valence-corrected chi connectivity index (χ0v) is 12.3. The molecule has 110 valence electrons. The van der Waals surface area contributed by atoms with E-state index in [2.05, 4.69) is 24.0 Å². The predicted octanol–water partition coefficient (Wildman–Crippen LogP) is 3.86. The molecule has 1 aliphatic carbocycles. The third-order valence-corrected chi connectivity index (χ3v) is 4.26. The maximum atomic E-state index is 10.9. The first-order valence-electron chi connectivity index (χ1n) is 7.69. The van der Waals surface area contributed by atoms with Crippen LogP contribution >= 0.6 is 0 Å². The van der Waals surface area contributed by atoms with Gasteiger partial charge < -0.3 is 10.0 Å². The Labute approximate surface area is 121 Å². The summed E-state index contributed by atoms with van der Waals surface area (Å²) in [4.78, 5) is 13.2. The summed E-state index contributed by atoms with van der Waals surface area (Å²) in [6.45, 7) is 3.71. The molecule has 0 bridgehead atoms. The SMILES string of the molecule is Cc1ccccc1N(CCC(=O)O)CC1CCCCC1. The fraction of sp³-hybridized carbons (Fsp3) is 0.588. The largest absolute Gasteiger partial charge is 0.481 e. The van der Waals surface area contributed by atoms with Crippen molar-refractivity contribution in [2.24, 2.45) is 5.92 Å². The average molecular weight is 275 g/mol. The highest BCUT2D eigenvalue weighted by Gasteiger charge is 2.19. The molecule has 1 aromatic rings. The van der Waals surface area contributed by atoms with E-state index in [0.29, 0.717) is 6.54 Å². The molecule has 0 atom stereocenters. The molecule has 1 N–H and O–H groups in total. The summed E-state index contributed by atoms with van der Waals surface area (Å²) in [5.41, 5.74) is 2.42. The maximum Gasteiger partial charge on any atom is 0.305 e. The minimum Gasteiger partial charge on any atom is -0.481 e. The van der Waals surface area contributed by atoms with Gasteiger partial charge in [0.2, 0.25) is 0 Å². The van der Waals surface area contributed by atoms with Gasteiger partial charge in [0, 0.05) is 18.8 Å². The summed E-state index contributed by atoms with van der Waals surface area (Å²) >= 11 is 0. The van der Waals surface area contributed by atoms with Gasteiger partial charge in [-0.3, -0.25) is 4.79 Å².